The van der Waals surface area contributed by atoms with Gasteiger partial charge in [-0.25, -0.2) is 4.98 Å². The molecule has 7 rings (SSSR count). The van der Waals surface area contributed by atoms with E-state index in [2.05, 4.69) is 15.0 Å². The Hall–Kier alpha value is -5.52. The number of carbonyl (C=O) groups excluding carboxylic acids is 4. The first-order valence-corrected chi connectivity index (χ1v) is 16.4. The summed E-state index contributed by atoms with van der Waals surface area (Å²) in [5, 5.41) is 0. The molecule has 2 atom stereocenters. The Morgan fingerprint density at radius 3 is 1.50 bits per heavy atom. The van der Waals surface area contributed by atoms with Gasteiger partial charge >= 0.3 is 0 Å². The Morgan fingerprint density at radius 2 is 1.04 bits per heavy atom. The van der Waals surface area contributed by atoms with Crippen LogP contribution in [0.1, 0.15) is 69.4 Å². The Kier molecular flexibility index (Phi) is 8.87. The van der Waals surface area contributed by atoms with Crippen molar-refractivity contribution in [2.24, 2.45) is 0 Å². The number of rotatable bonds is 4. The van der Waals surface area contributed by atoms with Crippen molar-refractivity contribution in [2.75, 3.05) is 13.1 Å². The Balaban J connectivity index is 1.30. The summed E-state index contributed by atoms with van der Waals surface area (Å²) in [5.74, 6) is -1.23. The van der Waals surface area contributed by atoms with Gasteiger partial charge in [0.2, 0.25) is 11.8 Å². The van der Waals surface area contributed by atoms with Crippen LogP contribution in [0.3, 0.4) is 0 Å². The van der Waals surface area contributed by atoms with Crippen LogP contribution in [0.5, 0.6) is 0 Å². The van der Waals surface area contributed by atoms with Gasteiger partial charge in [0.15, 0.2) is 0 Å². The van der Waals surface area contributed by atoms with Crippen LogP contribution in [-0.2, 0) is 35.8 Å². The fourth-order valence-electron chi connectivity index (χ4n) is 6.82. The normalized spacial score (nSPS) is 20.4. The summed E-state index contributed by atoms with van der Waals surface area (Å²) in [6, 6.07) is 20.1. The van der Waals surface area contributed by atoms with Gasteiger partial charge < -0.3 is 19.6 Å². The van der Waals surface area contributed by atoms with Crippen molar-refractivity contribution in [1.29, 1.82) is 0 Å². The van der Waals surface area contributed by atoms with E-state index in [1.54, 1.807) is 50.2 Å². The van der Waals surface area contributed by atoms with Gasteiger partial charge in [0, 0.05) is 25.5 Å². The average molecular weight is 645 g/mol. The number of nitrogens with zero attached hydrogens (tertiary/aromatic N) is 8. The highest BCUT2D eigenvalue weighted by atomic mass is 16.2. The molecule has 0 radical (unpaired) electrons. The maximum atomic E-state index is 14.3. The molecule has 0 unspecified atom stereocenters. The first-order valence-electron chi connectivity index (χ1n) is 16.4. The van der Waals surface area contributed by atoms with E-state index < -0.39 is 23.9 Å². The molecule has 3 aliphatic heterocycles. The smallest absolute Gasteiger partial charge is 0.273 e. The lowest BCUT2D eigenvalue weighted by molar-refractivity contribution is -0.137. The molecule has 244 valence electrons. The molecule has 4 amide bonds. The molecule has 4 aromatic rings. The summed E-state index contributed by atoms with van der Waals surface area (Å²) in [7, 11) is 0. The summed E-state index contributed by atoms with van der Waals surface area (Å²) < 4.78 is 0. The summed E-state index contributed by atoms with van der Waals surface area (Å²) in [4.78, 5) is 81.3. The van der Waals surface area contributed by atoms with Gasteiger partial charge in [-0.3, -0.25) is 34.1 Å². The molecular formula is C36H36N8O4. The number of carbonyl (C=O) groups is 4. The van der Waals surface area contributed by atoms with E-state index in [0.717, 1.165) is 0 Å². The minimum atomic E-state index is -0.695. The van der Waals surface area contributed by atoms with Gasteiger partial charge in [-0.2, -0.15) is 0 Å². The highest BCUT2D eigenvalue weighted by Gasteiger charge is 2.40. The van der Waals surface area contributed by atoms with Crippen molar-refractivity contribution in [1.82, 2.24) is 39.5 Å². The SMILES string of the molecule is O=C1[C@@H]2CCCN2C(=O)c2cccc(n2)C(=O)N2CCC[C@H]2C(=O)N(Cc2ccccn2)Cc2cccc(n2)CN1Cc1ccccn1. The molecular weight excluding hydrogens is 608 g/mol. The van der Waals surface area contributed by atoms with Crippen LogP contribution in [0.2, 0.25) is 0 Å². The second-order valence-corrected chi connectivity index (χ2v) is 12.4. The number of hydrogen-bond acceptors (Lipinski definition) is 8. The molecule has 2 saturated heterocycles. The standard InChI is InChI=1S/C36H36N8O4/c45-33-29-13-6-14-30(40-29)34(46)44-20-8-16-32(44)36(48)42(22-26-10-2-4-18-38-26)24-28-12-5-11-27(39-28)23-41(21-25-9-1-3-17-37-25)35(47)31-15-7-19-43(31)33/h1-6,9-14,17-18,31-32H,7-8,15-16,19-24H2/t31-,32-/m0/s1. The van der Waals surface area contributed by atoms with Crippen LogP contribution in [0, 0.1) is 0 Å². The van der Waals surface area contributed by atoms with Crippen molar-refractivity contribution in [3.8, 4) is 0 Å². The first-order chi connectivity index (χ1) is 23.4. The predicted molar refractivity (Wildman–Crippen MR) is 174 cm³/mol. The summed E-state index contributed by atoms with van der Waals surface area (Å²) in [5.41, 5.74) is 2.89. The highest BCUT2D eigenvalue weighted by Crippen LogP contribution is 2.26. The third kappa shape index (κ3) is 6.51. The minimum Gasteiger partial charge on any atom is -0.329 e. The van der Waals surface area contributed by atoms with Crippen LogP contribution in [-0.4, -0.2) is 88.3 Å². The zero-order valence-electron chi connectivity index (χ0n) is 26.5. The third-order valence-electron chi connectivity index (χ3n) is 9.14. The van der Waals surface area contributed by atoms with E-state index in [0.29, 0.717) is 61.5 Å². The van der Waals surface area contributed by atoms with Gasteiger partial charge in [0.1, 0.15) is 23.5 Å². The highest BCUT2D eigenvalue weighted by molar-refractivity contribution is 6.00. The van der Waals surface area contributed by atoms with E-state index in [1.807, 2.05) is 54.6 Å². The van der Waals surface area contributed by atoms with E-state index in [1.165, 1.54) is 0 Å². The molecule has 0 N–H and O–H groups in total. The first kappa shape index (κ1) is 31.1. The Morgan fingerprint density at radius 1 is 0.562 bits per heavy atom. The number of aromatic nitrogens is 4. The Labute approximate surface area is 278 Å². The maximum Gasteiger partial charge on any atom is 0.273 e. The molecule has 2 fully saturated rings. The average Bonchev–Trinajstić information content (AvgIpc) is 3.82. The monoisotopic (exact) mass is 644 g/mol. The number of fused-ring (bicyclic) bond motifs is 6. The molecule has 48 heavy (non-hydrogen) atoms. The summed E-state index contributed by atoms with van der Waals surface area (Å²) >= 11 is 0. The van der Waals surface area contributed by atoms with E-state index in [4.69, 9.17) is 4.98 Å². The van der Waals surface area contributed by atoms with Gasteiger partial charge in [0.25, 0.3) is 11.8 Å². The molecule has 0 spiro atoms. The molecule has 4 aromatic heterocycles. The van der Waals surface area contributed by atoms with E-state index in [-0.39, 0.29) is 49.4 Å². The van der Waals surface area contributed by atoms with E-state index in [9.17, 15) is 19.2 Å². The van der Waals surface area contributed by atoms with Crippen molar-refractivity contribution < 1.29 is 19.2 Å². The Bertz CT molecular complexity index is 1700. The third-order valence-corrected chi connectivity index (χ3v) is 9.14. The van der Waals surface area contributed by atoms with Gasteiger partial charge in [-0.1, -0.05) is 24.3 Å². The molecule has 0 aromatic carbocycles. The van der Waals surface area contributed by atoms with Gasteiger partial charge in [-0.15, -0.1) is 0 Å². The molecule has 7 heterocycles. The quantitative estimate of drug-likeness (QED) is 0.331. The zero-order chi connectivity index (χ0) is 33.0. The molecule has 0 saturated carbocycles. The number of hydrogen-bond donors (Lipinski definition) is 0. The largest absolute Gasteiger partial charge is 0.329 e. The molecule has 12 heteroatoms. The van der Waals surface area contributed by atoms with Crippen LogP contribution in [0.15, 0.2) is 85.2 Å². The summed E-state index contributed by atoms with van der Waals surface area (Å²) in [6.45, 7) is 1.63. The second kappa shape index (κ2) is 13.7. The fourth-order valence-corrected chi connectivity index (χ4v) is 6.82. The van der Waals surface area contributed by atoms with Crippen LogP contribution >= 0.6 is 0 Å². The fraction of sp³-hybridized carbons (Fsp3) is 0.333. The molecule has 3 aliphatic rings. The lowest BCUT2D eigenvalue weighted by Crippen LogP contribution is -2.48. The van der Waals surface area contributed by atoms with Gasteiger partial charge in [0.05, 0.1) is 49.0 Å². The lowest BCUT2D eigenvalue weighted by atomic mass is 10.1. The topological polar surface area (TPSA) is 133 Å². The number of pyridine rings is 4. The van der Waals surface area contributed by atoms with Crippen molar-refractivity contribution in [3.05, 3.63) is 119 Å². The van der Waals surface area contributed by atoms with E-state index >= 15 is 0 Å². The maximum absolute atomic E-state index is 14.3. The number of amides is 4. The van der Waals surface area contributed by atoms with Crippen LogP contribution < -0.4 is 0 Å². The molecule has 4 bridgehead atoms. The summed E-state index contributed by atoms with van der Waals surface area (Å²) in [6.07, 6.45) is 5.71. The predicted octanol–water partition coefficient (Wildman–Crippen LogP) is 3.25. The van der Waals surface area contributed by atoms with Crippen LogP contribution in [0.25, 0.3) is 0 Å². The van der Waals surface area contributed by atoms with Crippen molar-refractivity contribution in [3.63, 3.8) is 0 Å². The molecule has 12 nitrogen and oxygen atoms in total. The second-order valence-electron chi connectivity index (χ2n) is 12.4. The minimum absolute atomic E-state index is 0.0890. The lowest BCUT2D eigenvalue weighted by Gasteiger charge is -2.31. The van der Waals surface area contributed by atoms with Crippen LogP contribution in [0.4, 0.5) is 0 Å². The van der Waals surface area contributed by atoms with Crippen molar-refractivity contribution in [2.45, 2.75) is 63.9 Å². The van der Waals surface area contributed by atoms with Crippen molar-refractivity contribution >= 4 is 23.6 Å². The molecule has 0 aliphatic carbocycles. The van der Waals surface area contributed by atoms with Gasteiger partial charge in [-0.05, 0) is 74.2 Å². The zero-order valence-corrected chi connectivity index (χ0v) is 26.5.